The maximum atomic E-state index is 14.3. The van der Waals surface area contributed by atoms with Crippen molar-refractivity contribution in [1.29, 1.82) is 0 Å². The Morgan fingerprint density at radius 3 is 2.97 bits per heavy atom. The minimum Gasteiger partial charge on any atom is -0.492 e. The number of pyridine rings is 1. The normalized spacial score (nSPS) is 12.7. The van der Waals surface area contributed by atoms with Gasteiger partial charge in [0, 0.05) is 36.8 Å². The second-order valence-electron chi connectivity index (χ2n) is 7.61. The van der Waals surface area contributed by atoms with Gasteiger partial charge >= 0.3 is 0 Å². The fourth-order valence-corrected chi connectivity index (χ4v) is 3.69. The third-order valence-electron chi connectivity index (χ3n) is 5.24. The fourth-order valence-electron chi connectivity index (χ4n) is 3.69. The summed E-state index contributed by atoms with van der Waals surface area (Å²) < 4.78 is 25.5. The van der Waals surface area contributed by atoms with Crippen molar-refractivity contribution in [2.45, 2.75) is 19.8 Å². The van der Waals surface area contributed by atoms with Gasteiger partial charge in [-0.1, -0.05) is 11.6 Å². The molecule has 1 aliphatic heterocycles. The molecule has 1 aliphatic rings. The molecule has 4 rings (SSSR count). The van der Waals surface area contributed by atoms with Gasteiger partial charge in [-0.2, -0.15) is 0 Å². The largest absolute Gasteiger partial charge is 0.492 e. The predicted octanol–water partition coefficient (Wildman–Crippen LogP) is 4.60. The van der Waals surface area contributed by atoms with Crippen molar-refractivity contribution in [2.24, 2.45) is 0 Å². The molecule has 0 fully saturated rings. The quantitative estimate of drug-likeness (QED) is 0.449. The molecule has 8 heteroatoms. The Hall–Kier alpha value is -3.81. The molecule has 0 saturated heterocycles. The highest BCUT2D eigenvalue weighted by atomic mass is 19.1. The maximum Gasteiger partial charge on any atom is 0.255 e. The minimum absolute atomic E-state index is 0.0669. The van der Waals surface area contributed by atoms with Crippen LogP contribution in [-0.4, -0.2) is 36.1 Å². The van der Waals surface area contributed by atoms with E-state index in [0.29, 0.717) is 54.4 Å². The summed E-state index contributed by atoms with van der Waals surface area (Å²) >= 11 is 0. The molecule has 1 amide bonds. The number of carbonyl (C=O) groups excluding carboxylic acids is 1. The van der Waals surface area contributed by atoms with Crippen LogP contribution in [0.15, 0.2) is 48.8 Å². The van der Waals surface area contributed by atoms with Crippen molar-refractivity contribution >= 4 is 17.3 Å². The van der Waals surface area contributed by atoms with Crippen LogP contribution in [0, 0.1) is 5.82 Å². The zero-order chi connectivity index (χ0) is 22.7. The van der Waals surface area contributed by atoms with Crippen LogP contribution in [0.4, 0.5) is 15.8 Å². The lowest BCUT2D eigenvalue weighted by Gasteiger charge is -2.17. The third kappa shape index (κ3) is 4.16. The number of H-pyrrole nitrogens is 1. The molecule has 0 spiro atoms. The number of hydrogen-bond donors (Lipinski definition) is 3. The van der Waals surface area contributed by atoms with E-state index in [1.54, 1.807) is 24.5 Å². The molecule has 7 nitrogen and oxygen atoms in total. The zero-order valence-corrected chi connectivity index (χ0v) is 18.0. The van der Waals surface area contributed by atoms with Gasteiger partial charge in [0.05, 0.1) is 42.5 Å². The van der Waals surface area contributed by atoms with E-state index in [9.17, 15) is 9.18 Å². The van der Waals surface area contributed by atoms with Crippen molar-refractivity contribution in [2.75, 3.05) is 25.6 Å². The monoisotopic (exact) mass is 436 g/mol. The average molecular weight is 436 g/mol. The summed E-state index contributed by atoms with van der Waals surface area (Å²) in [6, 6.07) is 6.42. The van der Waals surface area contributed by atoms with Crippen molar-refractivity contribution in [3.05, 3.63) is 65.9 Å². The number of nitrogens with zero attached hydrogens (tertiary/aromatic N) is 1. The third-order valence-corrected chi connectivity index (χ3v) is 5.24. The Morgan fingerprint density at radius 1 is 1.34 bits per heavy atom. The van der Waals surface area contributed by atoms with Crippen molar-refractivity contribution in [3.8, 4) is 22.8 Å². The van der Waals surface area contributed by atoms with E-state index < -0.39 is 5.82 Å². The zero-order valence-electron chi connectivity index (χ0n) is 18.0. The lowest BCUT2D eigenvalue weighted by Crippen LogP contribution is -2.31. The highest BCUT2D eigenvalue weighted by molar-refractivity contribution is 6.06. The Bertz CT molecular complexity index is 1170. The Kier molecular flexibility index (Phi) is 6.11. The van der Waals surface area contributed by atoms with Crippen LogP contribution in [0.5, 0.6) is 11.5 Å². The SMILES string of the molecule is C=C(C)CCOc1cnccc1-c1[nH]c2c(c1Nc1cccc(F)c1OC)C(=O)NCC2. The second kappa shape index (κ2) is 9.13. The number of ether oxygens (including phenoxy) is 2. The van der Waals surface area contributed by atoms with E-state index in [2.05, 4.69) is 27.2 Å². The van der Waals surface area contributed by atoms with Gasteiger partial charge in [0.1, 0.15) is 5.75 Å². The van der Waals surface area contributed by atoms with Gasteiger partial charge in [-0.25, -0.2) is 4.39 Å². The number of fused-ring (bicyclic) bond motifs is 1. The van der Waals surface area contributed by atoms with E-state index in [1.165, 1.54) is 13.2 Å². The first-order valence-electron chi connectivity index (χ1n) is 10.3. The van der Waals surface area contributed by atoms with E-state index >= 15 is 0 Å². The number of carbonyl (C=O) groups is 1. The molecule has 2 aromatic heterocycles. The summed E-state index contributed by atoms with van der Waals surface area (Å²) in [5.74, 6) is -0.0645. The predicted molar refractivity (Wildman–Crippen MR) is 121 cm³/mol. The van der Waals surface area contributed by atoms with E-state index in [-0.39, 0.29) is 11.7 Å². The highest BCUT2D eigenvalue weighted by Crippen LogP contribution is 2.41. The van der Waals surface area contributed by atoms with E-state index in [0.717, 1.165) is 16.8 Å². The van der Waals surface area contributed by atoms with Crippen LogP contribution >= 0.6 is 0 Å². The van der Waals surface area contributed by atoms with Crippen LogP contribution in [0.25, 0.3) is 11.3 Å². The van der Waals surface area contributed by atoms with E-state index in [1.807, 2.05) is 13.0 Å². The molecular weight excluding hydrogens is 411 g/mol. The summed E-state index contributed by atoms with van der Waals surface area (Å²) in [6.45, 7) is 6.84. The molecule has 0 radical (unpaired) electrons. The smallest absolute Gasteiger partial charge is 0.255 e. The van der Waals surface area contributed by atoms with Crippen LogP contribution in [0.2, 0.25) is 0 Å². The molecule has 3 heterocycles. The fraction of sp³-hybridized carbons (Fsp3) is 0.250. The first kappa shape index (κ1) is 21.4. The topological polar surface area (TPSA) is 88.3 Å². The van der Waals surface area contributed by atoms with Crippen LogP contribution in [0.1, 0.15) is 29.4 Å². The summed E-state index contributed by atoms with van der Waals surface area (Å²) in [6.07, 6.45) is 4.66. The van der Waals surface area contributed by atoms with Crippen molar-refractivity contribution in [3.63, 3.8) is 0 Å². The van der Waals surface area contributed by atoms with Gasteiger partial charge in [0.2, 0.25) is 0 Å². The van der Waals surface area contributed by atoms with Gasteiger partial charge in [0.25, 0.3) is 5.91 Å². The number of anilines is 2. The molecule has 1 aromatic carbocycles. The average Bonchev–Trinajstić information content (AvgIpc) is 3.13. The molecule has 0 atom stereocenters. The number of hydrogen-bond acceptors (Lipinski definition) is 5. The molecule has 0 bridgehead atoms. The van der Waals surface area contributed by atoms with Gasteiger partial charge in [0.15, 0.2) is 11.6 Å². The minimum atomic E-state index is -0.499. The molecule has 32 heavy (non-hydrogen) atoms. The molecule has 0 saturated carbocycles. The lowest BCUT2D eigenvalue weighted by molar-refractivity contribution is 0.0947. The van der Waals surface area contributed by atoms with Gasteiger partial charge in [-0.05, 0) is 25.1 Å². The van der Waals surface area contributed by atoms with Gasteiger partial charge in [-0.15, -0.1) is 6.58 Å². The highest BCUT2D eigenvalue weighted by Gasteiger charge is 2.28. The molecule has 3 N–H and O–H groups in total. The summed E-state index contributed by atoms with van der Waals surface area (Å²) in [5.41, 5.74) is 4.63. The molecule has 0 aliphatic carbocycles. The summed E-state index contributed by atoms with van der Waals surface area (Å²) in [5, 5.41) is 6.10. The molecular formula is C24H25FN4O3. The number of rotatable bonds is 8. The summed E-state index contributed by atoms with van der Waals surface area (Å²) in [7, 11) is 1.40. The van der Waals surface area contributed by atoms with Crippen LogP contribution in [-0.2, 0) is 6.42 Å². The number of aromatic amines is 1. The Labute approximate surface area is 185 Å². The number of nitrogens with one attached hydrogen (secondary N) is 3. The number of benzene rings is 1. The number of para-hydroxylation sites is 1. The number of halogens is 1. The molecule has 3 aromatic rings. The van der Waals surface area contributed by atoms with E-state index in [4.69, 9.17) is 9.47 Å². The number of amides is 1. The Morgan fingerprint density at radius 2 is 2.19 bits per heavy atom. The first-order chi connectivity index (χ1) is 15.5. The van der Waals surface area contributed by atoms with Crippen LogP contribution in [0.3, 0.4) is 0 Å². The van der Waals surface area contributed by atoms with Crippen molar-refractivity contribution in [1.82, 2.24) is 15.3 Å². The standard InChI is InChI=1S/C24H25FN4O3/c1-14(2)9-12-32-19-13-26-10-7-15(19)21-22(20-17(28-21)8-11-27-24(20)30)29-18-6-4-5-16(25)23(18)31-3/h4-7,10,13,28-29H,1,8-9,11-12H2,2-3H3,(H,27,30). The van der Waals surface area contributed by atoms with Crippen molar-refractivity contribution < 1.29 is 18.7 Å². The first-order valence-corrected chi connectivity index (χ1v) is 10.3. The number of methoxy groups -OCH3 is 1. The number of aromatic nitrogens is 2. The second-order valence-corrected chi connectivity index (χ2v) is 7.61. The van der Waals surface area contributed by atoms with Gasteiger partial charge in [-0.3, -0.25) is 9.78 Å². The Balaban J connectivity index is 1.82. The molecule has 0 unspecified atom stereocenters. The lowest BCUT2D eigenvalue weighted by atomic mass is 10.0. The van der Waals surface area contributed by atoms with Crippen LogP contribution < -0.4 is 20.1 Å². The maximum absolute atomic E-state index is 14.3. The summed E-state index contributed by atoms with van der Waals surface area (Å²) in [4.78, 5) is 20.3. The van der Waals surface area contributed by atoms with Gasteiger partial charge < -0.3 is 25.1 Å². The molecule has 166 valence electrons.